The van der Waals surface area contributed by atoms with Crippen LogP contribution in [0.4, 0.5) is 4.39 Å². The SMILES string of the molecule is N/C(=N/O)C1CN(C(=O)c2ccc(Cl)c(F)c2)CCO1. The molecule has 1 aromatic carbocycles. The van der Waals surface area contributed by atoms with E-state index in [0.29, 0.717) is 6.54 Å². The lowest BCUT2D eigenvalue weighted by Gasteiger charge is -2.32. The number of nitrogens with zero attached hydrogens (tertiary/aromatic N) is 2. The summed E-state index contributed by atoms with van der Waals surface area (Å²) in [6.45, 7) is 0.736. The van der Waals surface area contributed by atoms with Gasteiger partial charge >= 0.3 is 0 Å². The zero-order chi connectivity index (χ0) is 14.7. The number of halogens is 2. The molecular formula is C12H13ClFN3O3. The Morgan fingerprint density at radius 2 is 2.35 bits per heavy atom. The number of oxime groups is 1. The molecule has 0 saturated carbocycles. The van der Waals surface area contributed by atoms with Crippen LogP contribution in [0.2, 0.25) is 5.02 Å². The van der Waals surface area contributed by atoms with Crippen LogP contribution in [0.5, 0.6) is 0 Å². The zero-order valence-electron chi connectivity index (χ0n) is 10.4. The van der Waals surface area contributed by atoms with Crippen LogP contribution >= 0.6 is 11.6 Å². The number of amidine groups is 1. The lowest BCUT2D eigenvalue weighted by atomic mass is 10.1. The van der Waals surface area contributed by atoms with Crippen LogP contribution < -0.4 is 5.73 Å². The molecular weight excluding hydrogens is 289 g/mol. The topological polar surface area (TPSA) is 88.2 Å². The zero-order valence-corrected chi connectivity index (χ0v) is 11.2. The Morgan fingerprint density at radius 3 is 3.00 bits per heavy atom. The van der Waals surface area contributed by atoms with E-state index >= 15 is 0 Å². The minimum atomic E-state index is -0.671. The summed E-state index contributed by atoms with van der Waals surface area (Å²) in [5.74, 6) is -1.12. The Morgan fingerprint density at radius 1 is 1.60 bits per heavy atom. The van der Waals surface area contributed by atoms with E-state index < -0.39 is 11.9 Å². The van der Waals surface area contributed by atoms with Crippen LogP contribution in [0, 0.1) is 5.82 Å². The molecule has 0 radical (unpaired) electrons. The number of morpholine rings is 1. The number of rotatable bonds is 2. The Labute approximate surface area is 119 Å². The van der Waals surface area contributed by atoms with Crippen LogP contribution in [-0.4, -0.2) is 47.7 Å². The monoisotopic (exact) mass is 301 g/mol. The van der Waals surface area contributed by atoms with Crippen molar-refractivity contribution in [3.63, 3.8) is 0 Å². The number of ether oxygens (including phenoxy) is 1. The van der Waals surface area contributed by atoms with Crippen LogP contribution in [0.1, 0.15) is 10.4 Å². The van der Waals surface area contributed by atoms with Crippen LogP contribution in [0.3, 0.4) is 0 Å². The quantitative estimate of drug-likeness (QED) is 0.370. The summed E-state index contributed by atoms with van der Waals surface area (Å²) in [6.07, 6.45) is -0.671. The van der Waals surface area contributed by atoms with Crippen molar-refractivity contribution in [3.05, 3.63) is 34.6 Å². The van der Waals surface area contributed by atoms with E-state index in [-0.39, 0.29) is 35.5 Å². The van der Waals surface area contributed by atoms with Gasteiger partial charge in [-0.05, 0) is 18.2 Å². The summed E-state index contributed by atoms with van der Waals surface area (Å²) >= 11 is 5.57. The first-order chi connectivity index (χ1) is 9.52. The molecule has 1 aromatic rings. The highest BCUT2D eigenvalue weighted by Gasteiger charge is 2.27. The van der Waals surface area contributed by atoms with E-state index in [4.69, 9.17) is 27.3 Å². The maximum Gasteiger partial charge on any atom is 0.254 e. The van der Waals surface area contributed by atoms with E-state index in [9.17, 15) is 9.18 Å². The second-order valence-corrected chi connectivity index (χ2v) is 4.67. The summed E-state index contributed by atoms with van der Waals surface area (Å²) in [5.41, 5.74) is 5.64. The van der Waals surface area contributed by atoms with Gasteiger partial charge in [-0.3, -0.25) is 4.79 Å². The molecule has 1 saturated heterocycles. The number of hydrogen-bond donors (Lipinski definition) is 2. The van der Waals surface area contributed by atoms with Crippen molar-refractivity contribution in [2.24, 2.45) is 10.9 Å². The normalized spacial score (nSPS) is 20.0. The van der Waals surface area contributed by atoms with Crippen molar-refractivity contribution in [2.75, 3.05) is 19.7 Å². The van der Waals surface area contributed by atoms with E-state index in [1.807, 2.05) is 0 Å². The molecule has 2 rings (SSSR count). The number of hydrogen-bond acceptors (Lipinski definition) is 4. The fraction of sp³-hybridized carbons (Fsp3) is 0.333. The van der Waals surface area contributed by atoms with Crippen molar-refractivity contribution in [1.29, 1.82) is 0 Å². The van der Waals surface area contributed by atoms with Crippen molar-refractivity contribution in [3.8, 4) is 0 Å². The number of carbonyl (C=O) groups excluding carboxylic acids is 1. The van der Waals surface area contributed by atoms with Gasteiger partial charge in [-0.15, -0.1) is 0 Å². The van der Waals surface area contributed by atoms with Gasteiger partial charge in [-0.1, -0.05) is 16.8 Å². The van der Waals surface area contributed by atoms with Gasteiger partial charge in [0.25, 0.3) is 5.91 Å². The molecule has 1 unspecified atom stereocenters. The second kappa shape index (κ2) is 6.06. The Hall–Kier alpha value is -1.86. The number of carbonyl (C=O) groups is 1. The van der Waals surface area contributed by atoms with E-state index in [2.05, 4.69) is 5.16 Å². The highest BCUT2D eigenvalue weighted by Crippen LogP contribution is 2.18. The fourth-order valence-electron chi connectivity index (χ4n) is 1.89. The molecule has 0 aliphatic carbocycles. The Bertz CT molecular complexity index is 553. The highest BCUT2D eigenvalue weighted by molar-refractivity contribution is 6.30. The van der Waals surface area contributed by atoms with Crippen molar-refractivity contribution < 1.29 is 19.1 Å². The molecule has 8 heteroatoms. The standard InChI is InChI=1S/C12H13ClFN3O3/c13-8-2-1-7(5-9(8)14)12(18)17-3-4-20-10(6-17)11(15)16-19/h1-2,5,10,19H,3-4,6H2,(H2,15,16). The first kappa shape index (κ1) is 14.5. The third kappa shape index (κ3) is 3.00. The van der Waals surface area contributed by atoms with Crippen LogP contribution in [0.25, 0.3) is 0 Å². The molecule has 0 bridgehead atoms. The molecule has 108 valence electrons. The Kier molecular flexibility index (Phi) is 4.41. The molecule has 6 nitrogen and oxygen atoms in total. The molecule has 0 aromatic heterocycles. The minimum absolute atomic E-state index is 0.0435. The van der Waals surface area contributed by atoms with Gasteiger partial charge in [0.05, 0.1) is 18.2 Å². The van der Waals surface area contributed by atoms with Crippen molar-refractivity contribution in [2.45, 2.75) is 6.10 Å². The van der Waals surface area contributed by atoms with Gasteiger partial charge < -0.3 is 20.6 Å². The Balaban J connectivity index is 2.14. The average molecular weight is 302 g/mol. The first-order valence-corrected chi connectivity index (χ1v) is 6.24. The van der Waals surface area contributed by atoms with Gasteiger partial charge in [0.1, 0.15) is 11.9 Å². The molecule has 1 fully saturated rings. The van der Waals surface area contributed by atoms with Gasteiger partial charge in [0.15, 0.2) is 5.84 Å². The van der Waals surface area contributed by atoms with Crippen molar-refractivity contribution >= 4 is 23.3 Å². The van der Waals surface area contributed by atoms with Gasteiger partial charge in [-0.2, -0.15) is 0 Å². The third-order valence-electron chi connectivity index (χ3n) is 2.97. The summed E-state index contributed by atoms with van der Waals surface area (Å²) in [4.78, 5) is 13.7. The second-order valence-electron chi connectivity index (χ2n) is 4.26. The summed E-state index contributed by atoms with van der Waals surface area (Å²) < 4.78 is 18.7. The van der Waals surface area contributed by atoms with Crippen LogP contribution in [-0.2, 0) is 4.74 Å². The first-order valence-electron chi connectivity index (χ1n) is 5.86. The van der Waals surface area contributed by atoms with Gasteiger partial charge in [-0.25, -0.2) is 4.39 Å². The number of nitrogens with two attached hydrogens (primary N) is 1. The minimum Gasteiger partial charge on any atom is -0.409 e. The predicted octanol–water partition coefficient (Wildman–Crippen LogP) is 1.07. The third-order valence-corrected chi connectivity index (χ3v) is 3.27. The summed E-state index contributed by atoms with van der Waals surface area (Å²) in [5, 5.41) is 11.4. The highest BCUT2D eigenvalue weighted by atomic mass is 35.5. The fourth-order valence-corrected chi connectivity index (χ4v) is 2.01. The lowest BCUT2D eigenvalue weighted by molar-refractivity contribution is 0.00674. The summed E-state index contributed by atoms with van der Waals surface area (Å²) in [7, 11) is 0. The smallest absolute Gasteiger partial charge is 0.254 e. The number of benzene rings is 1. The average Bonchev–Trinajstić information content (AvgIpc) is 2.48. The molecule has 1 aliphatic rings. The van der Waals surface area contributed by atoms with Gasteiger partial charge in [0.2, 0.25) is 0 Å². The molecule has 3 N–H and O–H groups in total. The lowest BCUT2D eigenvalue weighted by Crippen LogP contribution is -2.50. The molecule has 1 amide bonds. The predicted molar refractivity (Wildman–Crippen MR) is 70.5 cm³/mol. The maximum absolute atomic E-state index is 13.4. The van der Waals surface area contributed by atoms with Crippen LogP contribution in [0.15, 0.2) is 23.4 Å². The van der Waals surface area contributed by atoms with E-state index in [1.165, 1.54) is 17.0 Å². The molecule has 1 aliphatic heterocycles. The molecule has 1 heterocycles. The maximum atomic E-state index is 13.4. The van der Waals surface area contributed by atoms with Crippen molar-refractivity contribution in [1.82, 2.24) is 4.90 Å². The number of amides is 1. The van der Waals surface area contributed by atoms with E-state index in [1.54, 1.807) is 0 Å². The largest absolute Gasteiger partial charge is 0.409 e. The summed E-state index contributed by atoms with van der Waals surface area (Å²) in [6, 6.07) is 3.85. The molecule has 20 heavy (non-hydrogen) atoms. The van der Waals surface area contributed by atoms with E-state index in [0.717, 1.165) is 6.07 Å². The van der Waals surface area contributed by atoms with Gasteiger partial charge in [0, 0.05) is 12.1 Å². The molecule has 1 atom stereocenters. The molecule has 0 spiro atoms.